The Morgan fingerprint density at radius 3 is 2.69 bits per heavy atom. The minimum atomic E-state index is -0.665. The summed E-state index contributed by atoms with van der Waals surface area (Å²) in [6.07, 6.45) is 1.26. The van der Waals surface area contributed by atoms with Gasteiger partial charge in [0.15, 0.2) is 0 Å². The van der Waals surface area contributed by atoms with Gasteiger partial charge in [0.05, 0.1) is 40.4 Å². The second-order valence-electron chi connectivity index (χ2n) is 8.75. The summed E-state index contributed by atoms with van der Waals surface area (Å²) < 4.78 is 25.7. The minimum Gasteiger partial charge on any atom is -0.497 e. The Bertz CT molecular complexity index is 1790. The third kappa shape index (κ3) is 4.92. The molecule has 39 heavy (non-hydrogen) atoms. The van der Waals surface area contributed by atoms with Gasteiger partial charge in [0.2, 0.25) is 5.43 Å². The van der Waals surface area contributed by atoms with E-state index in [1.165, 1.54) is 31.6 Å². The number of nitrogens with two attached hydrogens (primary N) is 1. The predicted octanol–water partition coefficient (Wildman–Crippen LogP) is 6.22. The number of halogens is 2. The molecule has 0 fully saturated rings. The number of nitrogens with zero attached hydrogens (tertiary/aromatic N) is 2. The molecule has 0 saturated carbocycles. The van der Waals surface area contributed by atoms with Gasteiger partial charge in [-0.25, -0.2) is 14.4 Å². The van der Waals surface area contributed by atoms with E-state index in [1.807, 2.05) is 0 Å². The quantitative estimate of drug-likeness (QED) is 0.208. The summed E-state index contributed by atoms with van der Waals surface area (Å²) in [6, 6.07) is 16.9. The molecule has 0 aliphatic heterocycles. The maximum atomic E-state index is 14.2. The van der Waals surface area contributed by atoms with Gasteiger partial charge in [0.25, 0.3) is 0 Å². The Labute approximate surface area is 227 Å². The number of ether oxygens (including phenoxy) is 1. The van der Waals surface area contributed by atoms with Gasteiger partial charge in [-0.05, 0) is 55.0 Å². The Balaban J connectivity index is 1.63. The number of methoxy groups -OCH3 is 1. The average Bonchev–Trinajstić information content (AvgIpc) is 2.93. The highest BCUT2D eigenvalue weighted by Crippen LogP contribution is 2.33. The van der Waals surface area contributed by atoms with Crippen molar-refractivity contribution in [3.05, 3.63) is 111 Å². The number of aromatic nitrogens is 2. The van der Waals surface area contributed by atoms with Crippen LogP contribution in [0.3, 0.4) is 0 Å². The van der Waals surface area contributed by atoms with Crippen molar-refractivity contribution in [2.45, 2.75) is 13.0 Å². The number of nitrogens with one attached hydrogen (secondary N) is 2. The summed E-state index contributed by atoms with van der Waals surface area (Å²) >= 11 is 6.40. The Hall–Kier alpha value is -4.76. The van der Waals surface area contributed by atoms with Crippen molar-refractivity contribution < 1.29 is 13.5 Å². The Morgan fingerprint density at radius 1 is 1.13 bits per heavy atom. The molecule has 0 bridgehead atoms. The molecule has 2 heterocycles. The van der Waals surface area contributed by atoms with Crippen molar-refractivity contribution in [1.29, 1.82) is 5.41 Å². The molecule has 5 rings (SSSR count). The molecule has 0 radical (unpaired) electrons. The van der Waals surface area contributed by atoms with Gasteiger partial charge in [-0.1, -0.05) is 35.9 Å². The van der Waals surface area contributed by atoms with Crippen LogP contribution in [-0.2, 0) is 0 Å². The lowest BCUT2D eigenvalue weighted by molar-refractivity contribution is 0.414. The number of hydrogen-bond donors (Lipinski definition) is 3. The van der Waals surface area contributed by atoms with Crippen LogP contribution in [0.15, 0.2) is 82.3 Å². The van der Waals surface area contributed by atoms with Crippen LogP contribution >= 0.6 is 11.6 Å². The molecule has 4 N–H and O–H groups in total. The largest absolute Gasteiger partial charge is 0.497 e. The van der Waals surface area contributed by atoms with Crippen LogP contribution in [0.2, 0.25) is 5.02 Å². The standard InChI is InChI=1S/C29H23ClFN5O3/c1-15(27-23(16-6-5-7-17(31)12-16)26(37)19-8-3-4-9-22(19)39-27)36-29-24(28(33)34-14-35-29)25(32)20-13-18(38-2)10-11-21(20)30/h3-15,32H,1-2H3,(H3,33,34,35,36). The second kappa shape index (κ2) is 10.5. The molecule has 2 aromatic heterocycles. The van der Waals surface area contributed by atoms with Gasteiger partial charge >= 0.3 is 0 Å². The molecule has 0 amide bonds. The van der Waals surface area contributed by atoms with Crippen LogP contribution in [0.5, 0.6) is 5.75 Å². The van der Waals surface area contributed by atoms with E-state index in [1.54, 1.807) is 55.5 Å². The highest BCUT2D eigenvalue weighted by molar-refractivity contribution is 6.35. The van der Waals surface area contributed by atoms with Crippen LogP contribution < -0.4 is 21.2 Å². The average molecular weight is 544 g/mol. The van der Waals surface area contributed by atoms with Gasteiger partial charge in [-0.2, -0.15) is 0 Å². The van der Waals surface area contributed by atoms with Crippen LogP contribution in [0.1, 0.15) is 29.9 Å². The first-order valence-electron chi connectivity index (χ1n) is 11.9. The van der Waals surface area contributed by atoms with E-state index in [-0.39, 0.29) is 39.7 Å². The lowest BCUT2D eigenvalue weighted by atomic mass is 9.98. The van der Waals surface area contributed by atoms with Crippen molar-refractivity contribution >= 4 is 39.9 Å². The number of benzene rings is 3. The Kier molecular flexibility index (Phi) is 7.00. The number of para-hydroxylation sites is 1. The zero-order valence-electron chi connectivity index (χ0n) is 21.0. The lowest BCUT2D eigenvalue weighted by Crippen LogP contribution is -2.19. The topological polar surface area (TPSA) is 127 Å². The minimum absolute atomic E-state index is 0.0305. The van der Waals surface area contributed by atoms with Gasteiger partial charge in [-0.3, -0.25) is 10.2 Å². The van der Waals surface area contributed by atoms with Crippen molar-refractivity contribution in [3.8, 4) is 16.9 Å². The molecule has 3 aromatic carbocycles. The molecule has 5 aromatic rings. The zero-order chi connectivity index (χ0) is 27.7. The maximum absolute atomic E-state index is 14.2. The molecule has 8 nitrogen and oxygen atoms in total. The number of fused-ring (bicyclic) bond motifs is 1. The van der Waals surface area contributed by atoms with E-state index in [0.29, 0.717) is 32.9 Å². The van der Waals surface area contributed by atoms with Crippen LogP contribution in [0.25, 0.3) is 22.1 Å². The summed E-state index contributed by atoms with van der Waals surface area (Å²) in [4.78, 5) is 22.0. The molecule has 0 saturated heterocycles. The van der Waals surface area contributed by atoms with E-state index in [0.717, 1.165) is 0 Å². The fraction of sp³-hybridized carbons (Fsp3) is 0.103. The van der Waals surface area contributed by atoms with Crippen molar-refractivity contribution in [1.82, 2.24) is 9.97 Å². The van der Waals surface area contributed by atoms with Gasteiger partial charge in [-0.15, -0.1) is 0 Å². The normalized spacial score (nSPS) is 11.8. The first-order valence-corrected chi connectivity index (χ1v) is 12.3. The smallest absolute Gasteiger partial charge is 0.200 e. The zero-order valence-corrected chi connectivity index (χ0v) is 21.7. The molecular formula is C29H23ClFN5O3. The van der Waals surface area contributed by atoms with Gasteiger partial charge in [0, 0.05) is 5.56 Å². The van der Waals surface area contributed by atoms with Gasteiger partial charge < -0.3 is 20.2 Å². The summed E-state index contributed by atoms with van der Waals surface area (Å²) in [5, 5.41) is 12.8. The fourth-order valence-corrected chi connectivity index (χ4v) is 4.58. The summed E-state index contributed by atoms with van der Waals surface area (Å²) in [7, 11) is 1.51. The van der Waals surface area contributed by atoms with E-state index < -0.39 is 11.9 Å². The van der Waals surface area contributed by atoms with Crippen molar-refractivity contribution in [3.63, 3.8) is 0 Å². The summed E-state index contributed by atoms with van der Waals surface area (Å²) in [6.45, 7) is 1.76. The SMILES string of the molecule is COc1ccc(Cl)c(C(=N)c2c(N)ncnc2NC(C)c2oc3ccccc3c(=O)c2-c2cccc(F)c2)c1. The molecule has 0 aliphatic carbocycles. The van der Waals surface area contributed by atoms with E-state index >= 15 is 0 Å². The van der Waals surface area contributed by atoms with Crippen LogP contribution in [0.4, 0.5) is 16.0 Å². The third-order valence-electron chi connectivity index (χ3n) is 6.25. The third-order valence-corrected chi connectivity index (χ3v) is 6.58. The molecule has 0 aliphatic rings. The molecule has 1 atom stereocenters. The lowest BCUT2D eigenvalue weighted by Gasteiger charge is -2.20. The molecule has 0 spiro atoms. The number of rotatable bonds is 7. The highest BCUT2D eigenvalue weighted by atomic mass is 35.5. The van der Waals surface area contributed by atoms with Crippen molar-refractivity contribution in [2.75, 3.05) is 18.2 Å². The van der Waals surface area contributed by atoms with Crippen molar-refractivity contribution in [2.24, 2.45) is 0 Å². The number of anilines is 2. The van der Waals surface area contributed by atoms with E-state index in [2.05, 4.69) is 15.3 Å². The number of nitrogen functional groups attached to an aromatic ring is 1. The number of hydrogen-bond acceptors (Lipinski definition) is 8. The molecule has 10 heteroatoms. The first kappa shape index (κ1) is 25.9. The molecule has 1 unspecified atom stereocenters. The Morgan fingerprint density at radius 2 is 1.92 bits per heavy atom. The van der Waals surface area contributed by atoms with E-state index in [4.69, 9.17) is 31.9 Å². The van der Waals surface area contributed by atoms with Gasteiger partial charge in [0.1, 0.15) is 40.9 Å². The predicted molar refractivity (Wildman–Crippen MR) is 150 cm³/mol. The van der Waals surface area contributed by atoms with Crippen LogP contribution in [0, 0.1) is 11.2 Å². The summed E-state index contributed by atoms with van der Waals surface area (Å²) in [5.74, 6) is 0.559. The monoisotopic (exact) mass is 543 g/mol. The fourth-order valence-electron chi connectivity index (χ4n) is 4.36. The first-order chi connectivity index (χ1) is 18.8. The maximum Gasteiger partial charge on any atom is 0.200 e. The molecule has 196 valence electrons. The second-order valence-corrected chi connectivity index (χ2v) is 9.15. The molecular weight excluding hydrogens is 521 g/mol. The highest BCUT2D eigenvalue weighted by Gasteiger charge is 2.25. The van der Waals surface area contributed by atoms with Crippen LogP contribution in [-0.4, -0.2) is 22.8 Å². The van der Waals surface area contributed by atoms with E-state index in [9.17, 15) is 9.18 Å². The summed E-state index contributed by atoms with van der Waals surface area (Å²) in [5.41, 5.74) is 7.41.